The maximum Gasteiger partial charge on any atom is 0.261 e. The van der Waals surface area contributed by atoms with Crippen LogP contribution in [-0.4, -0.2) is 48.2 Å². The molecule has 7 nitrogen and oxygen atoms in total. The molecule has 1 N–H and O–H groups in total. The number of carbonyl (C=O) groups excluding carboxylic acids is 3. The third-order valence-electron chi connectivity index (χ3n) is 5.08. The topological polar surface area (TPSA) is 82.9 Å². The van der Waals surface area contributed by atoms with E-state index in [9.17, 15) is 14.4 Å². The Morgan fingerprint density at radius 1 is 1.13 bits per heavy atom. The number of carbonyl (C=O) groups is 3. The summed E-state index contributed by atoms with van der Waals surface area (Å²) < 4.78 is 5.24. The lowest BCUT2D eigenvalue weighted by atomic mass is 10.1. The highest BCUT2D eigenvalue weighted by Gasteiger charge is 2.36. The van der Waals surface area contributed by atoms with Crippen LogP contribution >= 0.6 is 11.3 Å². The van der Waals surface area contributed by atoms with E-state index in [1.54, 1.807) is 29.5 Å². The maximum atomic E-state index is 12.7. The number of rotatable bonds is 7. The van der Waals surface area contributed by atoms with E-state index >= 15 is 0 Å². The lowest BCUT2D eigenvalue weighted by Gasteiger charge is -2.23. The Labute approximate surface area is 177 Å². The van der Waals surface area contributed by atoms with Crippen molar-refractivity contribution in [3.8, 4) is 0 Å². The molecule has 1 unspecified atom stereocenters. The number of fused-ring (bicyclic) bond motifs is 1. The average Bonchev–Trinajstić information content (AvgIpc) is 3.48. The monoisotopic (exact) mass is 423 g/mol. The zero-order valence-corrected chi connectivity index (χ0v) is 17.4. The molecule has 0 saturated carbocycles. The molecule has 154 valence electrons. The Hall–Kier alpha value is -3.23. The molecular formula is C22H21N3O4S. The summed E-state index contributed by atoms with van der Waals surface area (Å²) in [6.07, 6.45) is 1.49. The molecule has 4 rings (SSSR count). The number of benzene rings is 1. The Kier molecular flexibility index (Phi) is 5.52. The van der Waals surface area contributed by atoms with Crippen LogP contribution in [0.4, 0.5) is 0 Å². The number of imide groups is 1. The minimum absolute atomic E-state index is 0.0513. The zero-order chi connectivity index (χ0) is 21.3. The summed E-state index contributed by atoms with van der Waals surface area (Å²) in [6.45, 7) is 0.493. The normalized spacial score (nSPS) is 14.3. The molecule has 3 amide bonds. The molecule has 0 radical (unpaired) electrons. The molecule has 1 aliphatic rings. The van der Waals surface area contributed by atoms with Crippen LogP contribution in [0.5, 0.6) is 0 Å². The molecule has 1 aromatic carbocycles. The molecule has 30 heavy (non-hydrogen) atoms. The van der Waals surface area contributed by atoms with Gasteiger partial charge in [-0.2, -0.15) is 0 Å². The number of thiophene rings is 1. The van der Waals surface area contributed by atoms with Crippen molar-refractivity contribution in [2.75, 3.05) is 20.6 Å². The number of hydrogen-bond donors (Lipinski definition) is 1. The van der Waals surface area contributed by atoms with Crippen LogP contribution in [0, 0.1) is 0 Å². The Morgan fingerprint density at radius 2 is 1.93 bits per heavy atom. The van der Waals surface area contributed by atoms with Gasteiger partial charge in [0, 0.05) is 17.0 Å². The van der Waals surface area contributed by atoms with Gasteiger partial charge in [-0.3, -0.25) is 19.3 Å². The smallest absolute Gasteiger partial charge is 0.261 e. The molecule has 2 aromatic heterocycles. The van der Waals surface area contributed by atoms with Gasteiger partial charge in [-0.05, 0) is 55.9 Å². The minimum Gasteiger partial charge on any atom is -0.467 e. The Bertz CT molecular complexity index is 1070. The quantitative estimate of drug-likeness (QED) is 0.590. The van der Waals surface area contributed by atoms with Gasteiger partial charge in [0.15, 0.2) is 0 Å². The van der Waals surface area contributed by atoms with E-state index in [0.29, 0.717) is 23.4 Å². The Balaban J connectivity index is 1.48. The van der Waals surface area contributed by atoms with Gasteiger partial charge in [0.25, 0.3) is 17.7 Å². The fraction of sp³-hybridized carbons (Fsp3) is 0.227. The number of hydrogen-bond acceptors (Lipinski definition) is 6. The number of furan rings is 1. The lowest BCUT2D eigenvalue weighted by molar-refractivity contribution is 0.0631. The predicted molar refractivity (Wildman–Crippen MR) is 112 cm³/mol. The summed E-state index contributed by atoms with van der Waals surface area (Å²) >= 11 is 1.64. The van der Waals surface area contributed by atoms with Gasteiger partial charge in [-0.1, -0.05) is 6.07 Å². The van der Waals surface area contributed by atoms with Crippen molar-refractivity contribution in [1.82, 2.24) is 15.1 Å². The second-order valence-electron chi connectivity index (χ2n) is 7.24. The van der Waals surface area contributed by atoms with Crippen molar-refractivity contribution in [3.63, 3.8) is 0 Å². The Morgan fingerprint density at radius 3 is 2.60 bits per heavy atom. The zero-order valence-electron chi connectivity index (χ0n) is 16.6. The fourth-order valence-electron chi connectivity index (χ4n) is 3.44. The van der Waals surface area contributed by atoms with E-state index in [1.165, 1.54) is 18.4 Å². The molecule has 3 aromatic rings. The summed E-state index contributed by atoms with van der Waals surface area (Å²) in [5, 5.41) is 4.94. The first kappa shape index (κ1) is 20.1. The summed E-state index contributed by atoms with van der Waals surface area (Å²) in [5.74, 6) is -0.578. The molecule has 0 bridgehead atoms. The van der Waals surface area contributed by atoms with Crippen LogP contribution in [-0.2, 0) is 6.54 Å². The van der Waals surface area contributed by atoms with Gasteiger partial charge in [-0.25, -0.2) is 0 Å². The van der Waals surface area contributed by atoms with E-state index in [0.717, 1.165) is 9.78 Å². The van der Waals surface area contributed by atoms with Crippen LogP contribution in [0.15, 0.2) is 58.5 Å². The van der Waals surface area contributed by atoms with Gasteiger partial charge in [0.2, 0.25) is 0 Å². The first-order chi connectivity index (χ1) is 14.5. The standard InChI is InChI=1S/C22H21N3O4S/c1-24(2)18(19-6-4-10-30-19)12-23-20(26)14-7-8-16-17(11-14)22(28)25(21(16)27)13-15-5-3-9-29-15/h3-11,18H,12-13H2,1-2H3,(H,23,26). The third kappa shape index (κ3) is 3.79. The van der Waals surface area contributed by atoms with Crippen molar-refractivity contribution >= 4 is 29.1 Å². The number of amides is 3. The fourth-order valence-corrected chi connectivity index (χ4v) is 4.37. The van der Waals surface area contributed by atoms with Crippen LogP contribution in [0.1, 0.15) is 47.8 Å². The van der Waals surface area contributed by atoms with Crippen LogP contribution in [0.3, 0.4) is 0 Å². The summed E-state index contributed by atoms with van der Waals surface area (Å²) in [6, 6.07) is 12.1. The lowest BCUT2D eigenvalue weighted by Crippen LogP contribution is -2.34. The van der Waals surface area contributed by atoms with Gasteiger partial charge < -0.3 is 14.6 Å². The van der Waals surface area contributed by atoms with Gasteiger partial charge in [-0.15, -0.1) is 11.3 Å². The summed E-state index contributed by atoms with van der Waals surface area (Å²) in [5.41, 5.74) is 0.882. The largest absolute Gasteiger partial charge is 0.467 e. The molecule has 0 spiro atoms. The van der Waals surface area contributed by atoms with E-state index in [-0.39, 0.29) is 30.0 Å². The first-order valence-corrected chi connectivity index (χ1v) is 10.3. The molecule has 0 fully saturated rings. The van der Waals surface area contributed by atoms with Crippen molar-refractivity contribution in [3.05, 3.63) is 81.4 Å². The maximum absolute atomic E-state index is 12.7. The van der Waals surface area contributed by atoms with E-state index in [1.807, 2.05) is 36.5 Å². The summed E-state index contributed by atoms with van der Waals surface area (Å²) in [7, 11) is 3.92. The first-order valence-electron chi connectivity index (χ1n) is 9.46. The number of likely N-dealkylation sites (N-methyl/N-ethyl adjacent to an activating group) is 1. The highest BCUT2D eigenvalue weighted by atomic mass is 32.1. The average molecular weight is 423 g/mol. The van der Waals surface area contributed by atoms with Crippen molar-refractivity contribution in [2.45, 2.75) is 12.6 Å². The molecule has 0 aliphatic carbocycles. The second-order valence-corrected chi connectivity index (χ2v) is 8.22. The SMILES string of the molecule is CN(C)C(CNC(=O)c1ccc2c(c1)C(=O)N(Cc1ccco1)C2=O)c1cccs1. The van der Waals surface area contributed by atoms with Crippen molar-refractivity contribution in [2.24, 2.45) is 0 Å². The highest BCUT2D eigenvalue weighted by Crippen LogP contribution is 2.26. The molecule has 1 atom stereocenters. The molecule has 0 saturated heterocycles. The third-order valence-corrected chi connectivity index (χ3v) is 6.05. The van der Waals surface area contributed by atoms with E-state index in [2.05, 4.69) is 5.32 Å². The van der Waals surface area contributed by atoms with Crippen molar-refractivity contribution < 1.29 is 18.8 Å². The number of nitrogens with one attached hydrogen (secondary N) is 1. The van der Waals surface area contributed by atoms with E-state index < -0.39 is 5.91 Å². The number of nitrogens with zero attached hydrogens (tertiary/aromatic N) is 2. The van der Waals surface area contributed by atoms with Gasteiger partial charge in [0.05, 0.1) is 30.0 Å². The highest BCUT2D eigenvalue weighted by molar-refractivity contribution is 7.10. The summed E-state index contributed by atoms with van der Waals surface area (Å²) in [4.78, 5) is 42.4. The molecule has 1 aliphatic heterocycles. The predicted octanol–water partition coefficient (Wildman–Crippen LogP) is 3.17. The van der Waals surface area contributed by atoms with Gasteiger partial charge in [0.1, 0.15) is 5.76 Å². The molecular weight excluding hydrogens is 402 g/mol. The van der Waals surface area contributed by atoms with Crippen LogP contribution in [0.2, 0.25) is 0 Å². The van der Waals surface area contributed by atoms with Gasteiger partial charge >= 0.3 is 0 Å². The van der Waals surface area contributed by atoms with Crippen LogP contribution in [0.25, 0.3) is 0 Å². The molecule has 8 heteroatoms. The second kappa shape index (κ2) is 8.25. The molecule has 3 heterocycles. The minimum atomic E-state index is -0.425. The van der Waals surface area contributed by atoms with Crippen LogP contribution < -0.4 is 5.32 Å². The van der Waals surface area contributed by atoms with E-state index in [4.69, 9.17) is 4.42 Å². The van der Waals surface area contributed by atoms with Crippen molar-refractivity contribution in [1.29, 1.82) is 0 Å².